The lowest BCUT2D eigenvalue weighted by molar-refractivity contribution is -0.125. The molecule has 0 aliphatic carbocycles. The zero-order valence-corrected chi connectivity index (χ0v) is 15.0. The molecule has 1 aromatic carbocycles. The monoisotopic (exact) mass is 363 g/mol. The molecule has 1 fully saturated rings. The molecule has 0 radical (unpaired) electrons. The van der Waals surface area contributed by atoms with Crippen molar-refractivity contribution < 1.29 is 19.1 Å². The SMILES string of the molecule is CC(C)NC(=O)N[C@H](CN)C(=O)Nc1ccc(N2CCOCC2=O)cc1. The van der Waals surface area contributed by atoms with Gasteiger partial charge in [-0.2, -0.15) is 0 Å². The van der Waals surface area contributed by atoms with Crippen molar-refractivity contribution >= 4 is 29.2 Å². The highest BCUT2D eigenvalue weighted by molar-refractivity contribution is 5.98. The number of urea groups is 1. The predicted molar refractivity (Wildman–Crippen MR) is 97.9 cm³/mol. The number of ether oxygens (including phenoxy) is 1. The number of carbonyl (C=O) groups excluding carboxylic acids is 3. The van der Waals surface area contributed by atoms with E-state index in [4.69, 9.17) is 10.5 Å². The van der Waals surface area contributed by atoms with Crippen LogP contribution in [0.15, 0.2) is 24.3 Å². The predicted octanol–water partition coefficient (Wildman–Crippen LogP) is 0.0232. The summed E-state index contributed by atoms with van der Waals surface area (Å²) in [6, 6.07) is 5.52. The van der Waals surface area contributed by atoms with Crippen LogP contribution >= 0.6 is 0 Å². The number of amides is 4. The van der Waals surface area contributed by atoms with E-state index in [1.54, 1.807) is 29.2 Å². The van der Waals surface area contributed by atoms with Crippen LogP contribution in [0.25, 0.3) is 0 Å². The molecule has 1 aromatic rings. The summed E-state index contributed by atoms with van der Waals surface area (Å²) >= 11 is 0. The van der Waals surface area contributed by atoms with Gasteiger partial charge in [0.15, 0.2) is 0 Å². The molecule has 1 saturated heterocycles. The van der Waals surface area contributed by atoms with E-state index in [9.17, 15) is 14.4 Å². The lowest BCUT2D eigenvalue weighted by Crippen LogP contribution is -2.52. The Kier molecular flexibility index (Phi) is 6.93. The van der Waals surface area contributed by atoms with Crippen molar-refractivity contribution in [3.05, 3.63) is 24.3 Å². The topological polar surface area (TPSA) is 126 Å². The minimum Gasteiger partial charge on any atom is -0.370 e. The highest BCUT2D eigenvalue weighted by Gasteiger charge is 2.21. The zero-order valence-electron chi connectivity index (χ0n) is 15.0. The number of anilines is 2. The van der Waals surface area contributed by atoms with Gasteiger partial charge in [-0.15, -0.1) is 0 Å². The van der Waals surface area contributed by atoms with Crippen molar-refractivity contribution in [1.29, 1.82) is 0 Å². The molecule has 0 spiro atoms. The zero-order chi connectivity index (χ0) is 19.1. The third-order valence-corrected chi connectivity index (χ3v) is 3.71. The quantitative estimate of drug-likeness (QED) is 0.567. The average Bonchev–Trinajstić information content (AvgIpc) is 2.60. The Balaban J connectivity index is 1.95. The highest BCUT2D eigenvalue weighted by Crippen LogP contribution is 2.19. The fourth-order valence-corrected chi connectivity index (χ4v) is 2.44. The normalized spacial score (nSPS) is 15.5. The van der Waals surface area contributed by atoms with Gasteiger partial charge in [-0.25, -0.2) is 4.79 Å². The first-order valence-electron chi connectivity index (χ1n) is 8.47. The molecule has 0 saturated carbocycles. The number of hydrogen-bond acceptors (Lipinski definition) is 5. The highest BCUT2D eigenvalue weighted by atomic mass is 16.5. The van der Waals surface area contributed by atoms with Crippen molar-refractivity contribution in [3.63, 3.8) is 0 Å². The van der Waals surface area contributed by atoms with Gasteiger partial charge in [0.2, 0.25) is 5.91 Å². The van der Waals surface area contributed by atoms with Crippen LogP contribution in [0.4, 0.5) is 16.2 Å². The van der Waals surface area contributed by atoms with Crippen molar-refractivity contribution in [2.75, 3.05) is 36.5 Å². The van der Waals surface area contributed by atoms with E-state index in [0.717, 1.165) is 5.69 Å². The van der Waals surface area contributed by atoms with Gasteiger partial charge in [0.25, 0.3) is 5.91 Å². The lowest BCUT2D eigenvalue weighted by Gasteiger charge is -2.27. The third kappa shape index (κ3) is 5.43. The van der Waals surface area contributed by atoms with Gasteiger partial charge in [-0.05, 0) is 38.1 Å². The summed E-state index contributed by atoms with van der Waals surface area (Å²) < 4.78 is 5.10. The Morgan fingerprint density at radius 1 is 1.23 bits per heavy atom. The molecule has 142 valence electrons. The number of benzene rings is 1. The molecule has 4 amide bonds. The minimum absolute atomic E-state index is 0.0300. The van der Waals surface area contributed by atoms with Crippen LogP contribution in [-0.2, 0) is 14.3 Å². The molecule has 26 heavy (non-hydrogen) atoms. The smallest absolute Gasteiger partial charge is 0.315 e. The van der Waals surface area contributed by atoms with E-state index in [1.807, 2.05) is 13.8 Å². The van der Waals surface area contributed by atoms with Crippen LogP contribution in [0, 0.1) is 0 Å². The third-order valence-electron chi connectivity index (χ3n) is 3.71. The summed E-state index contributed by atoms with van der Waals surface area (Å²) in [5.41, 5.74) is 6.87. The van der Waals surface area contributed by atoms with Gasteiger partial charge >= 0.3 is 6.03 Å². The Morgan fingerprint density at radius 2 is 1.92 bits per heavy atom. The molecular weight excluding hydrogens is 338 g/mol. The van der Waals surface area contributed by atoms with Crippen molar-refractivity contribution in [2.45, 2.75) is 25.9 Å². The second-order valence-electron chi connectivity index (χ2n) is 6.19. The van der Waals surface area contributed by atoms with Crippen LogP contribution in [-0.4, -0.2) is 56.2 Å². The molecule has 5 N–H and O–H groups in total. The first-order valence-corrected chi connectivity index (χ1v) is 8.47. The van der Waals surface area contributed by atoms with E-state index < -0.39 is 18.0 Å². The number of nitrogens with two attached hydrogens (primary N) is 1. The Morgan fingerprint density at radius 3 is 2.50 bits per heavy atom. The molecule has 0 bridgehead atoms. The summed E-state index contributed by atoms with van der Waals surface area (Å²) in [5.74, 6) is -0.516. The van der Waals surface area contributed by atoms with Gasteiger partial charge < -0.3 is 31.3 Å². The molecule has 1 aliphatic rings. The average molecular weight is 363 g/mol. The fraction of sp³-hybridized carbons (Fsp3) is 0.471. The number of nitrogens with one attached hydrogen (secondary N) is 3. The molecule has 1 atom stereocenters. The van der Waals surface area contributed by atoms with Crippen molar-refractivity contribution in [1.82, 2.24) is 10.6 Å². The fourth-order valence-electron chi connectivity index (χ4n) is 2.44. The maximum Gasteiger partial charge on any atom is 0.315 e. The Labute approximate surface area is 152 Å². The molecule has 1 heterocycles. The molecular formula is C17H25N5O4. The number of morpholine rings is 1. The van der Waals surface area contributed by atoms with E-state index in [1.165, 1.54) is 0 Å². The first kappa shape index (κ1) is 19.7. The van der Waals surface area contributed by atoms with Crippen molar-refractivity contribution in [2.24, 2.45) is 5.73 Å². The summed E-state index contributed by atoms with van der Waals surface area (Å²) in [5, 5.41) is 7.88. The van der Waals surface area contributed by atoms with Gasteiger partial charge in [-0.1, -0.05) is 0 Å². The van der Waals surface area contributed by atoms with Crippen LogP contribution in [0.5, 0.6) is 0 Å². The first-order chi connectivity index (χ1) is 12.4. The number of hydrogen-bond donors (Lipinski definition) is 4. The Bertz CT molecular complexity index is 647. The second-order valence-corrected chi connectivity index (χ2v) is 6.19. The molecule has 2 rings (SSSR count). The second kappa shape index (κ2) is 9.16. The maximum atomic E-state index is 12.3. The summed E-state index contributed by atoms with van der Waals surface area (Å²) in [6.07, 6.45) is 0. The van der Waals surface area contributed by atoms with Crippen LogP contribution in [0.1, 0.15) is 13.8 Å². The number of rotatable bonds is 6. The summed E-state index contributed by atoms with van der Waals surface area (Å²) in [4.78, 5) is 37.5. The summed E-state index contributed by atoms with van der Waals surface area (Å²) in [6.45, 7) is 4.66. The van der Waals surface area contributed by atoms with Crippen molar-refractivity contribution in [3.8, 4) is 0 Å². The van der Waals surface area contributed by atoms with Crippen LogP contribution < -0.4 is 26.6 Å². The van der Waals surface area contributed by atoms with Gasteiger partial charge in [0.05, 0.1) is 6.61 Å². The standard InChI is InChI=1S/C17H25N5O4/c1-11(2)19-17(25)21-14(9-18)16(24)20-12-3-5-13(6-4-12)22-7-8-26-10-15(22)23/h3-6,11,14H,7-10,18H2,1-2H3,(H,20,24)(H2,19,21,25)/t14-/m1/s1. The van der Waals surface area contributed by atoms with Gasteiger partial charge in [-0.3, -0.25) is 9.59 Å². The van der Waals surface area contributed by atoms with Gasteiger partial charge in [0.1, 0.15) is 12.6 Å². The molecule has 0 unspecified atom stereocenters. The minimum atomic E-state index is -0.853. The number of carbonyl (C=O) groups is 3. The molecule has 9 heteroatoms. The van der Waals surface area contributed by atoms with Gasteiger partial charge in [0, 0.05) is 30.5 Å². The number of nitrogens with zero attached hydrogens (tertiary/aromatic N) is 1. The van der Waals surface area contributed by atoms with E-state index in [-0.39, 0.29) is 25.1 Å². The molecule has 0 aromatic heterocycles. The Hall–Kier alpha value is -2.65. The van der Waals surface area contributed by atoms with E-state index in [2.05, 4.69) is 16.0 Å². The van der Waals surface area contributed by atoms with Crippen LogP contribution in [0.3, 0.4) is 0 Å². The largest absolute Gasteiger partial charge is 0.370 e. The van der Waals surface area contributed by atoms with Crippen LogP contribution in [0.2, 0.25) is 0 Å². The molecule has 1 aliphatic heterocycles. The molecule has 9 nitrogen and oxygen atoms in total. The maximum absolute atomic E-state index is 12.3. The van der Waals surface area contributed by atoms with E-state index in [0.29, 0.717) is 18.8 Å². The lowest BCUT2D eigenvalue weighted by atomic mass is 10.2. The van der Waals surface area contributed by atoms with E-state index >= 15 is 0 Å². The summed E-state index contributed by atoms with van der Waals surface area (Å²) in [7, 11) is 0.